The second-order valence-corrected chi connectivity index (χ2v) is 18.3. The molecular weight excluding hydrogens is 871 g/mol. The van der Waals surface area contributed by atoms with Gasteiger partial charge in [-0.1, -0.05) is 152 Å². The number of hydrogen-bond donors (Lipinski definition) is 0. The third kappa shape index (κ3) is 5.25. The molecule has 0 bridgehead atoms. The van der Waals surface area contributed by atoms with E-state index in [9.17, 15) is 0 Å². The topological polar surface area (TPSA) is 71.5 Å². The van der Waals surface area contributed by atoms with Gasteiger partial charge in [-0.2, -0.15) is 15.0 Å². The van der Waals surface area contributed by atoms with Crippen LogP contribution in [0.4, 0.5) is 0 Å². The predicted molar refractivity (Wildman–Crippen MR) is 290 cm³/mol. The molecule has 0 unspecified atom stereocenters. The van der Waals surface area contributed by atoms with Gasteiger partial charge in [0, 0.05) is 48.5 Å². The summed E-state index contributed by atoms with van der Waals surface area (Å²) in [7, 11) is 0. The summed E-state index contributed by atoms with van der Waals surface area (Å²) in [6.07, 6.45) is 0. The van der Waals surface area contributed by atoms with Crippen molar-refractivity contribution in [3.8, 4) is 34.7 Å². The first kappa shape index (κ1) is 38.2. The van der Waals surface area contributed by atoms with Gasteiger partial charge in [0.05, 0.1) is 66.5 Å². The van der Waals surface area contributed by atoms with Crippen LogP contribution in [0.5, 0.6) is 0 Å². The van der Waals surface area contributed by atoms with Crippen LogP contribution in [0.2, 0.25) is 0 Å². The molecule has 10 aromatic carbocycles. The Kier molecular flexibility index (Phi) is 7.73. The van der Waals surface area contributed by atoms with Crippen molar-refractivity contribution in [1.82, 2.24) is 33.2 Å². The van der Waals surface area contributed by atoms with E-state index in [2.05, 4.69) is 237 Å². The highest BCUT2D eigenvalue weighted by Crippen LogP contribution is 2.45. The normalized spacial score (nSPS) is 12.2. The number of rotatable bonds is 5. The molecule has 16 aromatic rings. The molecule has 8 nitrogen and oxygen atoms in total. The number of nitrogens with zero attached hydrogens (tertiary/aromatic N) is 7. The first-order valence-electron chi connectivity index (χ1n) is 24.0. The van der Waals surface area contributed by atoms with Crippen molar-refractivity contribution < 1.29 is 4.42 Å². The summed E-state index contributed by atoms with van der Waals surface area (Å²) in [6, 6.07) is 79.5. The molecule has 8 heteroatoms. The standard InChI is InChI=1S/C63H37N7O/c1-9-26-47-38(18-1)39-19-2-10-27-48(39)67(47)54-33-17-34-55(68-49-28-11-7-24-44(49)45-36-37-57-58(60(45)68)46-25-8-16-35-56(46)71-57)59(54)61-64-62(69-50-29-12-3-20-40(50)41-21-4-13-30-51(41)69)66-63(65-61)70-52-31-14-5-22-42(52)43-23-6-15-32-53(43)70/h1-37H. The highest BCUT2D eigenvalue weighted by Gasteiger charge is 2.28. The van der Waals surface area contributed by atoms with E-state index >= 15 is 0 Å². The number of furan rings is 1. The van der Waals surface area contributed by atoms with Crippen molar-refractivity contribution in [3.63, 3.8) is 0 Å². The van der Waals surface area contributed by atoms with Crippen LogP contribution >= 0.6 is 0 Å². The van der Waals surface area contributed by atoms with Gasteiger partial charge in [0.15, 0.2) is 5.82 Å². The van der Waals surface area contributed by atoms with E-state index in [-0.39, 0.29) is 0 Å². The SMILES string of the molecule is c1cc(-n2c3ccccc3c3ccccc32)c(-c2nc(-n3c4ccccc4c4ccccc43)nc(-n3c4ccccc4c4ccccc43)n2)c(-n2c3ccccc3c3ccc4oc5ccccc5c4c32)c1. The first-order chi connectivity index (χ1) is 35.3. The molecule has 0 aliphatic carbocycles. The van der Waals surface area contributed by atoms with E-state index in [1.165, 1.54) is 0 Å². The molecule has 0 saturated heterocycles. The zero-order valence-corrected chi connectivity index (χ0v) is 37.9. The molecule has 0 amide bonds. The van der Waals surface area contributed by atoms with Crippen LogP contribution in [0.3, 0.4) is 0 Å². The van der Waals surface area contributed by atoms with Crippen LogP contribution < -0.4 is 0 Å². The lowest BCUT2D eigenvalue weighted by molar-refractivity contribution is 0.669. The Morgan fingerprint density at radius 1 is 0.268 bits per heavy atom. The van der Waals surface area contributed by atoms with Gasteiger partial charge in [0.1, 0.15) is 11.2 Å². The Bertz CT molecular complexity index is 4620. The van der Waals surface area contributed by atoms with Crippen molar-refractivity contribution in [3.05, 3.63) is 224 Å². The highest BCUT2D eigenvalue weighted by atomic mass is 16.3. The largest absolute Gasteiger partial charge is 0.456 e. The van der Waals surface area contributed by atoms with E-state index in [1.807, 2.05) is 6.07 Å². The Morgan fingerprint density at radius 2 is 0.634 bits per heavy atom. The van der Waals surface area contributed by atoms with Crippen LogP contribution in [0.15, 0.2) is 229 Å². The summed E-state index contributed by atoms with van der Waals surface area (Å²) in [5.74, 6) is 1.55. The molecule has 0 fully saturated rings. The Labute approximate surface area is 404 Å². The summed E-state index contributed by atoms with van der Waals surface area (Å²) < 4.78 is 15.9. The lowest BCUT2D eigenvalue weighted by atomic mass is 10.1. The molecule has 0 saturated carbocycles. The first-order valence-corrected chi connectivity index (χ1v) is 24.0. The van der Waals surface area contributed by atoms with Gasteiger partial charge in [-0.15, -0.1) is 0 Å². The van der Waals surface area contributed by atoms with Crippen LogP contribution in [0.25, 0.3) is 144 Å². The van der Waals surface area contributed by atoms with Crippen molar-refractivity contribution in [2.75, 3.05) is 0 Å². The van der Waals surface area contributed by atoms with Crippen molar-refractivity contribution in [2.45, 2.75) is 0 Å². The average molecular weight is 908 g/mol. The summed E-state index contributed by atoms with van der Waals surface area (Å²) in [5.41, 5.74) is 12.7. The molecule has 16 rings (SSSR count). The molecule has 71 heavy (non-hydrogen) atoms. The summed E-state index contributed by atoms with van der Waals surface area (Å²) >= 11 is 0. The minimum atomic E-state index is 0.512. The van der Waals surface area contributed by atoms with Crippen molar-refractivity contribution in [1.29, 1.82) is 0 Å². The van der Waals surface area contributed by atoms with E-state index < -0.39 is 0 Å². The smallest absolute Gasteiger partial charge is 0.240 e. The maximum absolute atomic E-state index is 6.64. The third-order valence-electron chi connectivity index (χ3n) is 14.7. The maximum Gasteiger partial charge on any atom is 0.240 e. The molecule has 6 heterocycles. The highest BCUT2D eigenvalue weighted by molar-refractivity contribution is 6.25. The van der Waals surface area contributed by atoms with Gasteiger partial charge in [0.2, 0.25) is 11.9 Å². The fourth-order valence-electron chi connectivity index (χ4n) is 11.8. The lowest BCUT2D eigenvalue weighted by Crippen LogP contribution is -2.12. The molecule has 6 aromatic heterocycles. The van der Waals surface area contributed by atoms with Crippen LogP contribution in [0.1, 0.15) is 0 Å². The third-order valence-corrected chi connectivity index (χ3v) is 14.7. The number of aromatic nitrogens is 7. The summed E-state index contributed by atoms with van der Waals surface area (Å²) in [4.78, 5) is 17.1. The zero-order chi connectivity index (χ0) is 46.3. The quantitative estimate of drug-likeness (QED) is 0.172. The minimum absolute atomic E-state index is 0.512. The van der Waals surface area contributed by atoms with Crippen molar-refractivity contribution >= 4 is 109 Å². The summed E-state index contributed by atoms with van der Waals surface area (Å²) in [5, 5.41) is 11.2. The zero-order valence-electron chi connectivity index (χ0n) is 37.9. The van der Waals surface area contributed by atoms with Crippen LogP contribution in [-0.2, 0) is 0 Å². The number of fused-ring (bicyclic) bond motifs is 16. The molecule has 0 spiro atoms. The van der Waals surface area contributed by atoms with Gasteiger partial charge in [-0.25, -0.2) is 0 Å². The number of hydrogen-bond acceptors (Lipinski definition) is 4. The second-order valence-electron chi connectivity index (χ2n) is 18.3. The predicted octanol–water partition coefficient (Wildman–Crippen LogP) is 15.8. The molecule has 0 N–H and O–H groups in total. The fraction of sp³-hybridized carbons (Fsp3) is 0. The van der Waals surface area contributed by atoms with Gasteiger partial charge in [0.25, 0.3) is 0 Å². The van der Waals surface area contributed by atoms with Gasteiger partial charge in [-0.05, 0) is 72.8 Å². The monoisotopic (exact) mass is 907 g/mol. The van der Waals surface area contributed by atoms with Crippen molar-refractivity contribution in [2.24, 2.45) is 0 Å². The molecule has 0 aliphatic rings. The Hall–Kier alpha value is -9.79. The van der Waals surface area contributed by atoms with Crippen LogP contribution in [-0.4, -0.2) is 33.2 Å². The molecule has 0 atom stereocenters. The van der Waals surface area contributed by atoms with E-state index in [0.717, 1.165) is 126 Å². The molecule has 0 aliphatic heterocycles. The summed E-state index contributed by atoms with van der Waals surface area (Å²) in [6.45, 7) is 0. The van der Waals surface area contributed by atoms with E-state index in [4.69, 9.17) is 19.4 Å². The van der Waals surface area contributed by atoms with Gasteiger partial charge >= 0.3 is 0 Å². The fourth-order valence-corrected chi connectivity index (χ4v) is 11.8. The maximum atomic E-state index is 6.64. The average Bonchev–Trinajstić information content (AvgIpc) is 4.23. The van der Waals surface area contributed by atoms with Gasteiger partial charge in [-0.3, -0.25) is 9.13 Å². The van der Waals surface area contributed by atoms with E-state index in [0.29, 0.717) is 17.7 Å². The van der Waals surface area contributed by atoms with Gasteiger partial charge < -0.3 is 13.6 Å². The van der Waals surface area contributed by atoms with E-state index in [1.54, 1.807) is 0 Å². The Morgan fingerprint density at radius 3 is 1.10 bits per heavy atom. The molecule has 330 valence electrons. The molecular formula is C63H37N7O. The Balaban J connectivity index is 1.12. The molecule has 0 radical (unpaired) electrons. The lowest BCUT2D eigenvalue weighted by Gasteiger charge is -2.20. The number of para-hydroxylation sites is 8. The number of benzene rings is 10. The minimum Gasteiger partial charge on any atom is -0.456 e. The van der Waals surface area contributed by atoms with Crippen LogP contribution in [0, 0.1) is 0 Å². The second kappa shape index (κ2) is 14.4.